The maximum atomic E-state index is 14.7. The molecule has 0 saturated carbocycles. The van der Waals surface area contributed by atoms with E-state index in [2.05, 4.69) is 15.6 Å². The minimum atomic E-state index is -0.631. The lowest BCUT2D eigenvalue weighted by Gasteiger charge is -2.39. The number of carbonyl (C=O) groups excluding carboxylic acids is 4. The number of benzene rings is 2. The highest BCUT2D eigenvalue weighted by Crippen LogP contribution is 2.26. The Balaban J connectivity index is 1.25. The summed E-state index contributed by atoms with van der Waals surface area (Å²) < 4.78 is 26.7. The van der Waals surface area contributed by atoms with E-state index in [0.717, 1.165) is 24.8 Å². The maximum Gasteiger partial charge on any atom is 0.258 e. The molecule has 2 N–H and O–H groups in total. The number of nitrogens with one attached hydrogen (secondary N) is 2. The van der Waals surface area contributed by atoms with Gasteiger partial charge < -0.3 is 29.9 Å². The Hall–Kier alpha value is -5.00. The highest BCUT2D eigenvalue weighted by Gasteiger charge is 2.35. The first-order chi connectivity index (χ1) is 22.8. The van der Waals surface area contributed by atoms with Gasteiger partial charge in [-0.3, -0.25) is 24.2 Å². The summed E-state index contributed by atoms with van der Waals surface area (Å²) in [6.45, 7) is 1.38. The van der Waals surface area contributed by atoms with Gasteiger partial charge in [0.2, 0.25) is 11.8 Å². The van der Waals surface area contributed by atoms with Crippen LogP contribution >= 0.6 is 0 Å². The van der Waals surface area contributed by atoms with E-state index in [-0.39, 0.29) is 49.6 Å². The summed E-state index contributed by atoms with van der Waals surface area (Å²) in [5.41, 5.74) is 2.22. The average molecular weight is 644 g/mol. The summed E-state index contributed by atoms with van der Waals surface area (Å²) in [6.07, 6.45) is 6.40. The molecule has 0 spiro atoms. The van der Waals surface area contributed by atoms with Gasteiger partial charge in [-0.05, 0) is 54.3 Å². The Kier molecular flexibility index (Phi) is 9.94. The van der Waals surface area contributed by atoms with E-state index < -0.39 is 23.9 Å². The van der Waals surface area contributed by atoms with Gasteiger partial charge in [0, 0.05) is 76.0 Å². The molecule has 3 aliphatic rings. The van der Waals surface area contributed by atoms with Gasteiger partial charge in [-0.25, -0.2) is 4.39 Å². The van der Waals surface area contributed by atoms with E-state index in [4.69, 9.17) is 9.47 Å². The normalized spacial score (nSPS) is 20.6. The quantitative estimate of drug-likeness (QED) is 0.447. The second-order valence-corrected chi connectivity index (χ2v) is 12.2. The first kappa shape index (κ1) is 32.0. The van der Waals surface area contributed by atoms with Crippen molar-refractivity contribution < 1.29 is 33.0 Å². The summed E-state index contributed by atoms with van der Waals surface area (Å²) in [4.78, 5) is 59.8. The number of hydrogen-bond acceptors (Lipinski definition) is 7. The third-order valence-electron chi connectivity index (χ3n) is 8.73. The molecule has 1 aromatic heterocycles. The zero-order valence-electron chi connectivity index (χ0n) is 26.1. The maximum absolute atomic E-state index is 14.7. The van der Waals surface area contributed by atoms with Gasteiger partial charge in [0.1, 0.15) is 23.4 Å². The van der Waals surface area contributed by atoms with Crippen molar-refractivity contribution in [1.29, 1.82) is 0 Å². The van der Waals surface area contributed by atoms with Gasteiger partial charge in [-0.2, -0.15) is 0 Å². The molecule has 0 aliphatic carbocycles. The lowest BCUT2D eigenvalue weighted by atomic mass is 10.00. The molecule has 2 aromatic carbocycles. The molecular weight excluding hydrogens is 605 g/mol. The van der Waals surface area contributed by atoms with Crippen molar-refractivity contribution in [1.82, 2.24) is 25.4 Å². The number of likely N-dealkylation sites (tertiary alicyclic amines) is 2. The Morgan fingerprint density at radius 1 is 0.957 bits per heavy atom. The van der Waals surface area contributed by atoms with Crippen molar-refractivity contribution >= 4 is 23.6 Å². The van der Waals surface area contributed by atoms with Crippen LogP contribution in [0.2, 0.25) is 0 Å². The fraction of sp³-hybridized carbons (Fsp3) is 0.400. The summed E-state index contributed by atoms with van der Waals surface area (Å²) >= 11 is 0. The number of hydrogen-bond donors (Lipinski definition) is 2. The van der Waals surface area contributed by atoms with Crippen molar-refractivity contribution in [2.75, 3.05) is 32.8 Å². The van der Waals surface area contributed by atoms with Crippen LogP contribution < -0.4 is 20.1 Å². The van der Waals surface area contributed by atoms with E-state index in [1.54, 1.807) is 46.3 Å². The molecule has 246 valence electrons. The SMILES string of the molecule is O=C1COc2cccc(c2)-c2cncc(c2)C(=O)N[C@@H]2CN(C(=O)CCN3CCCCCC3=O)CC[C@@H]2Oc2cc(F)cc(c2)CN1. The molecule has 6 bridgehead atoms. The van der Waals surface area contributed by atoms with Crippen LogP contribution in [0.3, 0.4) is 0 Å². The highest BCUT2D eigenvalue weighted by atomic mass is 19.1. The van der Waals surface area contributed by atoms with Crippen LogP contribution in [0.1, 0.15) is 54.4 Å². The summed E-state index contributed by atoms with van der Waals surface area (Å²) in [6, 6.07) is 12.4. The standard InChI is InChI=1S/C35H38FN5O6/c36-27-13-23-14-29(17-27)47-31-8-11-41(34(44)9-12-40-10-3-1-2-7-33(40)43)21-30(31)39-35(45)26-15-25(19-37-20-26)24-5-4-6-28(16-24)46-22-32(42)38-18-23/h4-6,13-17,19-20,30-31H,1-3,7-12,18,21-22H2,(H,38,42)(H,39,45)/t30-,31+/m1/s1. The zero-order valence-corrected chi connectivity index (χ0v) is 26.1. The number of piperidine rings is 1. The average Bonchev–Trinajstić information content (AvgIpc) is 3.29. The van der Waals surface area contributed by atoms with Crippen molar-refractivity contribution in [2.24, 2.45) is 0 Å². The molecule has 4 amide bonds. The van der Waals surface area contributed by atoms with E-state index in [9.17, 15) is 23.6 Å². The van der Waals surface area contributed by atoms with Gasteiger partial charge in [-0.1, -0.05) is 18.6 Å². The molecule has 4 heterocycles. The Morgan fingerprint density at radius 2 is 1.83 bits per heavy atom. The molecule has 47 heavy (non-hydrogen) atoms. The molecular formula is C35H38FN5O6. The summed E-state index contributed by atoms with van der Waals surface area (Å²) in [5, 5.41) is 5.79. The van der Waals surface area contributed by atoms with Gasteiger partial charge in [-0.15, -0.1) is 0 Å². The van der Waals surface area contributed by atoms with Crippen molar-refractivity contribution in [2.45, 2.75) is 57.2 Å². The van der Waals surface area contributed by atoms with Gasteiger partial charge in [0.15, 0.2) is 6.61 Å². The predicted octanol–water partition coefficient (Wildman–Crippen LogP) is 3.47. The Morgan fingerprint density at radius 3 is 2.72 bits per heavy atom. The fourth-order valence-electron chi connectivity index (χ4n) is 6.21. The molecule has 2 fully saturated rings. The third-order valence-corrected chi connectivity index (χ3v) is 8.73. The molecule has 3 aromatic rings. The van der Waals surface area contributed by atoms with Crippen LogP contribution in [0.25, 0.3) is 11.1 Å². The van der Waals surface area contributed by atoms with E-state index in [1.165, 1.54) is 18.3 Å². The number of ether oxygens (including phenoxy) is 2. The molecule has 12 heteroatoms. The predicted molar refractivity (Wildman–Crippen MR) is 170 cm³/mol. The smallest absolute Gasteiger partial charge is 0.258 e. The second-order valence-electron chi connectivity index (χ2n) is 12.2. The molecule has 0 unspecified atom stereocenters. The Labute approximate surface area is 272 Å². The largest absolute Gasteiger partial charge is 0.488 e. The second kappa shape index (κ2) is 14.6. The number of amides is 4. The number of carbonyl (C=O) groups is 4. The topological polar surface area (TPSA) is 130 Å². The fourth-order valence-corrected chi connectivity index (χ4v) is 6.21. The van der Waals surface area contributed by atoms with Gasteiger partial charge in [0.05, 0.1) is 11.6 Å². The lowest BCUT2D eigenvalue weighted by Crippen LogP contribution is -2.58. The number of nitrogens with zero attached hydrogens (tertiary/aromatic N) is 3. The zero-order chi connectivity index (χ0) is 32.8. The molecule has 2 saturated heterocycles. The third kappa shape index (κ3) is 8.24. The minimum Gasteiger partial charge on any atom is -0.488 e. The number of halogens is 1. The number of aromatic nitrogens is 1. The highest BCUT2D eigenvalue weighted by molar-refractivity contribution is 5.95. The van der Waals surface area contributed by atoms with Crippen LogP contribution in [0.15, 0.2) is 60.9 Å². The summed E-state index contributed by atoms with van der Waals surface area (Å²) in [7, 11) is 0. The number of fused-ring (bicyclic) bond motifs is 8. The molecule has 6 rings (SSSR count). The van der Waals surface area contributed by atoms with Crippen LogP contribution in [0.4, 0.5) is 4.39 Å². The van der Waals surface area contributed by atoms with Crippen LogP contribution in [-0.4, -0.2) is 83.3 Å². The lowest BCUT2D eigenvalue weighted by molar-refractivity contribution is -0.135. The van der Waals surface area contributed by atoms with E-state index in [0.29, 0.717) is 54.9 Å². The van der Waals surface area contributed by atoms with Crippen LogP contribution in [-0.2, 0) is 20.9 Å². The first-order valence-corrected chi connectivity index (χ1v) is 16.1. The molecule has 11 nitrogen and oxygen atoms in total. The molecule has 3 aliphatic heterocycles. The van der Waals surface area contributed by atoms with Crippen LogP contribution in [0.5, 0.6) is 11.5 Å². The Bertz CT molecular complexity index is 1650. The molecule has 0 radical (unpaired) electrons. The number of rotatable bonds is 3. The van der Waals surface area contributed by atoms with E-state index in [1.807, 2.05) is 6.07 Å². The van der Waals surface area contributed by atoms with Crippen molar-refractivity contribution in [3.63, 3.8) is 0 Å². The summed E-state index contributed by atoms with van der Waals surface area (Å²) in [5.74, 6) is -0.644. The van der Waals surface area contributed by atoms with Crippen LogP contribution in [0, 0.1) is 5.82 Å². The first-order valence-electron chi connectivity index (χ1n) is 16.1. The van der Waals surface area contributed by atoms with Crippen molar-refractivity contribution in [3.8, 4) is 22.6 Å². The van der Waals surface area contributed by atoms with Gasteiger partial charge in [0.25, 0.3) is 11.8 Å². The van der Waals surface area contributed by atoms with Gasteiger partial charge >= 0.3 is 0 Å². The minimum absolute atomic E-state index is 0.0560. The van der Waals surface area contributed by atoms with Crippen molar-refractivity contribution in [3.05, 3.63) is 77.9 Å². The molecule has 2 atom stereocenters. The monoisotopic (exact) mass is 643 g/mol. The van der Waals surface area contributed by atoms with E-state index >= 15 is 0 Å². The number of pyridine rings is 1.